The number of fused-ring (bicyclic) bond motifs is 1. The van der Waals surface area contributed by atoms with Crippen LogP contribution >= 0.6 is 11.8 Å². The Bertz CT molecular complexity index is 505. The van der Waals surface area contributed by atoms with Crippen molar-refractivity contribution in [2.45, 2.75) is 49.8 Å². The highest BCUT2D eigenvalue weighted by atomic mass is 32.2. The van der Waals surface area contributed by atoms with Crippen LogP contribution in [0.1, 0.15) is 44.1 Å². The Hall–Kier alpha value is -1.16. The van der Waals surface area contributed by atoms with Crippen LogP contribution in [0.3, 0.4) is 0 Å². The quantitative estimate of drug-likeness (QED) is 0.927. The number of nitrogens with one attached hydrogen (secondary N) is 1. The predicted octanol–water partition coefficient (Wildman–Crippen LogP) is 3.34. The molecular weight excluding hydrogens is 282 g/mol. The fraction of sp³-hybridized carbons (Fsp3) is 0.588. The maximum Gasteiger partial charge on any atom is 0.228 e. The first-order valence-electron chi connectivity index (χ1n) is 7.93. The molecule has 3 rings (SSSR count). The van der Waals surface area contributed by atoms with Gasteiger partial charge < -0.3 is 10.1 Å². The van der Waals surface area contributed by atoms with E-state index in [1.807, 2.05) is 36.0 Å². The summed E-state index contributed by atoms with van der Waals surface area (Å²) in [4.78, 5) is 12.7. The summed E-state index contributed by atoms with van der Waals surface area (Å²) in [6.07, 6.45) is 4.36. The topological polar surface area (TPSA) is 38.3 Å². The van der Waals surface area contributed by atoms with E-state index in [4.69, 9.17) is 4.74 Å². The molecule has 1 aliphatic heterocycles. The van der Waals surface area contributed by atoms with Crippen molar-refractivity contribution in [2.75, 3.05) is 12.4 Å². The molecular formula is C17H23NO2S. The highest BCUT2D eigenvalue weighted by molar-refractivity contribution is 7.99. The molecule has 1 fully saturated rings. The van der Waals surface area contributed by atoms with E-state index in [0.717, 1.165) is 29.9 Å². The molecule has 0 bridgehead atoms. The molecule has 1 heterocycles. The molecule has 0 unspecified atom stereocenters. The van der Waals surface area contributed by atoms with E-state index in [2.05, 4.69) is 12.2 Å². The number of hydrogen-bond acceptors (Lipinski definition) is 3. The Kier molecular flexibility index (Phi) is 4.73. The van der Waals surface area contributed by atoms with Crippen molar-refractivity contribution in [3.63, 3.8) is 0 Å². The van der Waals surface area contributed by atoms with Gasteiger partial charge >= 0.3 is 0 Å². The van der Waals surface area contributed by atoms with Crippen molar-refractivity contribution in [3.8, 4) is 5.75 Å². The monoisotopic (exact) mass is 305 g/mol. The molecule has 3 nitrogen and oxygen atoms in total. The van der Waals surface area contributed by atoms with E-state index >= 15 is 0 Å². The number of carbonyl (C=O) groups excluding carboxylic acids is 1. The van der Waals surface area contributed by atoms with Crippen LogP contribution in [0, 0.1) is 0 Å². The number of amides is 1. The molecule has 2 aliphatic rings. The van der Waals surface area contributed by atoms with Gasteiger partial charge in [-0.2, -0.15) is 11.8 Å². The summed E-state index contributed by atoms with van der Waals surface area (Å²) in [5.74, 6) is 2.12. The van der Waals surface area contributed by atoms with Crippen LogP contribution in [-0.4, -0.2) is 29.6 Å². The Balaban J connectivity index is 1.69. The second-order valence-corrected chi connectivity index (χ2v) is 7.28. The van der Waals surface area contributed by atoms with Crippen LogP contribution in [0.15, 0.2) is 24.3 Å². The Morgan fingerprint density at radius 3 is 3.05 bits per heavy atom. The third kappa shape index (κ3) is 3.20. The largest absolute Gasteiger partial charge is 0.493 e. The van der Waals surface area contributed by atoms with Crippen molar-refractivity contribution in [2.24, 2.45) is 0 Å². The summed E-state index contributed by atoms with van der Waals surface area (Å²) >= 11 is 1.98. The SMILES string of the molecule is CCS[C@@H]1CCC[C@H]1NC(=O)[C@H]1CCOc2ccccc21. The standard InChI is InChI=1S/C17H23NO2S/c1-2-21-16-9-5-7-14(16)18-17(19)13-10-11-20-15-8-4-3-6-12(13)15/h3-4,6,8,13-14,16H,2,5,7,9-11H2,1H3,(H,18,19)/t13-,14+,16+/m0/s1. The van der Waals surface area contributed by atoms with Gasteiger partial charge in [0.25, 0.3) is 0 Å². The average molecular weight is 305 g/mol. The predicted molar refractivity (Wildman–Crippen MR) is 87.0 cm³/mol. The minimum atomic E-state index is -0.0529. The molecule has 1 aromatic carbocycles. The van der Waals surface area contributed by atoms with Crippen LogP contribution in [-0.2, 0) is 4.79 Å². The first-order valence-corrected chi connectivity index (χ1v) is 8.98. The molecule has 114 valence electrons. The van der Waals surface area contributed by atoms with Crippen molar-refractivity contribution in [1.29, 1.82) is 0 Å². The minimum Gasteiger partial charge on any atom is -0.493 e. The molecule has 0 saturated heterocycles. The number of benzene rings is 1. The van der Waals surface area contributed by atoms with Gasteiger partial charge in [-0.15, -0.1) is 0 Å². The molecule has 3 atom stereocenters. The highest BCUT2D eigenvalue weighted by Gasteiger charge is 2.33. The smallest absolute Gasteiger partial charge is 0.228 e. The first kappa shape index (κ1) is 14.8. The van der Waals surface area contributed by atoms with E-state index in [1.165, 1.54) is 12.8 Å². The number of carbonyl (C=O) groups is 1. The maximum absolute atomic E-state index is 12.7. The molecule has 1 aromatic rings. The molecule has 1 aliphatic carbocycles. The lowest BCUT2D eigenvalue weighted by Gasteiger charge is -2.28. The first-order chi connectivity index (χ1) is 10.3. The lowest BCUT2D eigenvalue weighted by Crippen LogP contribution is -2.42. The number of hydrogen-bond donors (Lipinski definition) is 1. The van der Waals surface area contributed by atoms with Gasteiger partial charge in [-0.3, -0.25) is 4.79 Å². The molecule has 1 saturated carbocycles. The molecule has 1 N–H and O–H groups in total. The van der Waals surface area contributed by atoms with Crippen LogP contribution in [0.4, 0.5) is 0 Å². The third-order valence-electron chi connectivity index (χ3n) is 4.44. The minimum absolute atomic E-state index is 0.0529. The van der Waals surface area contributed by atoms with E-state index in [9.17, 15) is 4.79 Å². The summed E-state index contributed by atoms with van der Waals surface area (Å²) < 4.78 is 5.65. The number of rotatable bonds is 4. The van der Waals surface area contributed by atoms with Crippen LogP contribution in [0.25, 0.3) is 0 Å². The molecule has 0 radical (unpaired) electrons. The van der Waals surface area contributed by atoms with Crippen LogP contribution in [0.5, 0.6) is 5.75 Å². The van der Waals surface area contributed by atoms with Crippen molar-refractivity contribution < 1.29 is 9.53 Å². The van der Waals surface area contributed by atoms with E-state index in [0.29, 0.717) is 17.9 Å². The lowest BCUT2D eigenvalue weighted by molar-refractivity contribution is -0.123. The molecule has 4 heteroatoms. The zero-order valence-electron chi connectivity index (χ0n) is 12.5. The van der Waals surface area contributed by atoms with E-state index in [1.54, 1.807) is 0 Å². The number of para-hydroxylation sites is 1. The van der Waals surface area contributed by atoms with Gasteiger partial charge in [-0.05, 0) is 31.1 Å². The van der Waals surface area contributed by atoms with Crippen LogP contribution in [0.2, 0.25) is 0 Å². The number of ether oxygens (including phenoxy) is 1. The zero-order valence-corrected chi connectivity index (χ0v) is 13.3. The van der Waals surface area contributed by atoms with Gasteiger partial charge in [0.2, 0.25) is 5.91 Å². The van der Waals surface area contributed by atoms with Gasteiger partial charge in [0.15, 0.2) is 0 Å². The van der Waals surface area contributed by atoms with Crippen LogP contribution < -0.4 is 10.1 Å². The average Bonchev–Trinajstić information content (AvgIpc) is 2.94. The van der Waals surface area contributed by atoms with Gasteiger partial charge in [0, 0.05) is 16.9 Å². The van der Waals surface area contributed by atoms with E-state index in [-0.39, 0.29) is 11.8 Å². The molecule has 21 heavy (non-hydrogen) atoms. The third-order valence-corrected chi connectivity index (χ3v) is 5.76. The van der Waals surface area contributed by atoms with Crippen molar-refractivity contribution >= 4 is 17.7 Å². The molecule has 1 amide bonds. The fourth-order valence-electron chi connectivity index (χ4n) is 3.40. The summed E-state index contributed by atoms with van der Waals surface area (Å²) in [7, 11) is 0. The fourth-order valence-corrected chi connectivity index (χ4v) is 4.60. The van der Waals surface area contributed by atoms with E-state index < -0.39 is 0 Å². The molecule has 0 aromatic heterocycles. The Morgan fingerprint density at radius 2 is 2.19 bits per heavy atom. The zero-order chi connectivity index (χ0) is 14.7. The second kappa shape index (κ2) is 6.73. The second-order valence-electron chi connectivity index (χ2n) is 5.77. The summed E-state index contributed by atoms with van der Waals surface area (Å²) in [6, 6.07) is 8.27. The Morgan fingerprint density at radius 1 is 1.33 bits per heavy atom. The van der Waals surface area contributed by atoms with Gasteiger partial charge in [0.1, 0.15) is 5.75 Å². The van der Waals surface area contributed by atoms with Crippen molar-refractivity contribution in [3.05, 3.63) is 29.8 Å². The normalized spacial score (nSPS) is 27.8. The Labute approximate surface area is 130 Å². The highest BCUT2D eigenvalue weighted by Crippen LogP contribution is 2.35. The number of thioether (sulfide) groups is 1. The maximum atomic E-state index is 12.7. The molecule has 0 spiro atoms. The van der Waals surface area contributed by atoms with Gasteiger partial charge in [-0.1, -0.05) is 31.5 Å². The lowest BCUT2D eigenvalue weighted by atomic mass is 9.92. The summed E-state index contributed by atoms with van der Waals surface area (Å²) in [5.41, 5.74) is 1.04. The summed E-state index contributed by atoms with van der Waals surface area (Å²) in [6.45, 7) is 2.82. The van der Waals surface area contributed by atoms with Gasteiger partial charge in [0.05, 0.1) is 12.5 Å². The summed E-state index contributed by atoms with van der Waals surface area (Å²) in [5, 5.41) is 3.90. The van der Waals surface area contributed by atoms with Crippen molar-refractivity contribution in [1.82, 2.24) is 5.32 Å². The van der Waals surface area contributed by atoms with Gasteiger partial charge in [-0.25, -0.2) is 0 Å².